The van der Waals surface area contributed by atoms with Gasteiger partial charge in [-0.3, -0.25) is 9.59 Å². The molecule has 0 saturated carbocycles. The second-order valence-electron chi connectivity index (χ2n) is 17.9. The SMILES string of the molecule is CCCCCCCCC/C=C/C(O)C(COC1OC(CO)C(O)C(O)C1O)NC(=O)CCCCC/C=C\CCCCCCCCOC(=O)CCCCCCCCCCCCCC. The molecule has 1 heterocycles. The molecule has 1 rings (SSSR count). The molecule has 11 heteroatoms. The Kier molecular flexibility index (Phi) is 39.2. The number of hydrogen-bond acceptors (Lipinski definition) is 10. The van der Waals surface area contributed by atoms with Crippen molar-refractivity contribution in [1.29, 1.82) is 0 Å². The Hall–Kier alpha value is -1.86. The predicted octanol–water partition coefficient (Wildman–Crippen LogP) is 10.2. The van der Waals surface area contributed by atoms with Gasteiger partial charge in [-0.25, -0.2) is 0 Å². The van der Waals surface area contributed by atoms with Crippen molar-refractivity contribution in [1.82, 2.24) is 5.32 Å². The molecule has 1 saturated heterocycles. The molecule has 0 spiro atoms. The number of carbonyl (C=O) groups excluding carboxylic acids is 2. The van der Waals surface area contributed by atoms with Crippen LogP contribution in [0.15, 0.2) is 24.3 Å². The summed E-state index contributed by atoms with van der Waals surface area (Å²) < 4.78 is 16.6. The standard InChI is InChI=1S/C51H95NO10/c1-3-5-7-9-11-13-14-19-23-27-31-35-39-47(56)60-40-36-32-28-24-20-17-15-16-18-22-26-30-34-38-46(55)52-43(44(54)37-33-29-25-21-12-10-8-6-4-2)42-61-51-50(59)49(58)48(57)45(41-53)62-51/h16,18,33,37,43-45,48-51,53-54,57-59H,3-15,17,19-32,34-36,38-42H2,1-2H3,(H,52,55)/b18-16-,37-33+. The van der Waals surface area contributed by atoms with E-state index < -0.39 is 49.5 Å². The van der Waals surface area contributed by atoms with E-state index in [1.165, 1.54) is 122 Å². The van der Waals surface area contributed by atoms with Gasteiger partial charge < -0.3 is 45.1 Å². The molecule has 0 aliphatic carbocycles. The van der Waals surface area contributed by atoms with Gasteiger partial charge in [0.05, 0.1) is 32.0 Å². The summed E-state index contributed by atoms with van der Waals surface area (Å²) in [4.78, 5) is 25.0. The number of rotatable bonds is 43. The molecule has 1 aliphatic heterocycles. The highest BCUT2D eigenvalue weighted by molar-refractivity contribution is 5.76. The maximum absolute atomic E-state index is 12.9. The number of aliphatic hydroxyl groups excluding tert-OH is 5. The molecule has 364 valence electrons. The van der Waals surface area contributed by atoms with Crippen LogP contribution >= 0.6 is 0 Å². The minimum atomic E-state index is -1.58. The number of unbranched alkanes of at least 4 members (excludes halogenated alkanes) is 27. The Labute approximate surface area is 378 Å². The lowest BCUT2D eigenvalue weighted by molar-refractivity contribution is -0.302. The van der Waals surface area contributed by atoms with Gasteiger partial charge in [-0.2, -0.15) is 0 Å². The number of carbonyl (C=O) groups is 2. The van der Waals surface area contributed by atoms with Gasteiger partial charge in [-0.1, -0.05) is 179 Å². The zero-order valence-electron chi connectivity index (χ0n) is 39.6. The van der Waals surface area contributed by atoms with Gasteiger partial charge in [0.2, 0.25) is 5.91 Å². The lowest BCUT2D eigenvalue weighted by Gasteiger charge is -2.40. The molecule has 0 aromatic carbocycles. The molecule has 7 atom stereocenters. The Balaban J connectivity index is 2.16. The van der Waals surface area contributed by atoms with Crippen LogP contribution in [0, 0.1) is 0 Å². The molecule has 1 amide bonds. The van der Waals surface area contributed by atoms with E-state index in [9.17, 15) is 35.1 Å². The van der Waals surface area contributed by atoms with Crippen molar-refractivity contribution >= 4 is 11.9 Å². The quantitative estimate of drug-likeness (QED) is 0.0196. The first-order valence-corrected chi connectivity index (χ1v) is 25.6. The fraction of sp³-hybridized carbons (Fsp3) is 0.882. The molecule has 11 nitrogen and oxygen atoms in total. The van der Waals surface area contributed by atoms with Gasteiger partial charge in [-0.05, 0) is 57.8 Å². The molecular formula is C51H95NO10. The van der Waals surface area contributed by atoms with Crippen LogP contribution in [-0.4, -0.2) is 100 Å². The Bertz CT molecular complexity index is 1090. The van der Waals surface area contributed by atoms with Crippen LogP contribution in [-0.2, 0) is 23.8 Å². The number of allylic oxidation sites excluding steroid dienone is 3. The second-order valence-corrected chi connectivity index (χ2v) is 17.9. The summed E-state index contributed by atoms with van der Waals surface area (Å²) in [6.45, 7) is 4.23. The molecule has 6 N–H and O–H groups in total. The largest absolute Gasteiger partial charge is 0.466 e. The van der Waals surface area contributed by atoms with Crippen LogP contribution in [0.4, 0.5) is 0 Å². The summed E-state index contributed by atoms with van der Waals surface area (Å²) in [7, 11) is 0. The van der Waals surface area contributed by atoms with E-state index in [4.69, 9.17) is 14.2 Å². The minimum Gasteiger partial charge on any atom is -0.466 e. The highest BCUT2D eigenvalue weighted by atomic mass is 16.7. The predicted molar refractivity (Wildman–Crippen MR) is 251 cm³/mol. The van der Waals surface area contributed by atoms with Crippen LogP contribution in [0.1, 0.15) is 226 Å². The number of nitrogens with one attached hydrogen (secondary N) is 1. The second kappa shape index (κ2) is 41.8. The molecule has 1 aliphatic rings. The Morgan fingerprint density at radius 3 is 1.56 bits per heavy atom. The molecular weight excluding hydrogens is 787 g/mol. The smallest absolute Gasteiger partial charge is 0.305 e. The zero-order valence-corrected chi connectivity index (χ0v) is 39.6. The molecule has 0 aromatic rings. The monoisotopic (exact) mass is 882 g/mol. The van der Waals surface area contributed by atoms with Gasteiger partial charge in [0.25, 0.3) is 0 Å². The summed E-state index contributed by atoms with van der Waals surface area (Å²) in [5.74, 6) is -0.249. The van der Waals surface area contributed by atoms with E-state index >= 15 is 0 Å². The summed E-state index contributed by atoms with van der Waals surface area (Å²) in [6.07, 6.45) is 36.9. The van der Waals surface area contributed by atoms with Crippen LogP contribution in [0.3, 0.4) is 0 Å². The molecule has 0 radical (unpaired) electrons. The zero-order chi connectivity index (χ0) is 45.3. The van der Waals surface area contributed by atoms with Crippen molar-refractivity contribution in [2.45, 2.75) is 269 Å². The molecule has 1 fully saturated rings. The van der Waals surface area contributed by atoms with Gasteiger partial charge >= 0.3 is 5.97 Å². The van der Waals surface area contributed by atoms with E-state index in [1.807, 2.05) is 6.08 Å². The van der Waals surface area contributed by atoms with Crippen molar-refractivity contribution in [3.8, 4) is 0 Å². The lowest BCUT2D eigenvalue weighted by atomic mass is 9.99. The van der Waals surface area contributed by atoms with E-state index in [0.717, 1.165) is 70.6 Å². The first-order chi connectivity index (χ1) is 30.2. The molecule has 7 unspecified atom stereocenters. The molecule has 0 aromatic heterocycles. The average molecular weight is 882 g/mol. The van der Waals surface area contributed by atoms with E-state index in [-0.39, 0.29) is 18.5 Å². The Morgan fingerprint density at radius 1 is 0.581 bits per heavy atom. The Morgan fingerprint density at radius 2 is 1.03 bits per heavy atom. The van der Waals surface area contributed by atoms with Crippen LogP contribution in [0.2, 0.25) is 0 Å². The van der Waals surface area contributed by atoms with Gasteiger partial charge in [0, 0.05) is 12.8 Å². The van der Waals surface area contributed by atoms with Gasteiger partial charge in [0.15, 0.2) is 6.29 Å². The summed E-state index contributed by atoms with van der Waals surface area (Å²) in [5, 5.41) is 54.0. The highest BCUT2D eigenvalue weighted by Crippen LogP contribution is 2.23. The maximum atomic E-state index is 12.9. The number of hydrogen-bond donors (Lipinski definition) is 6. The van der Waals surface area contributed by atoms with Crippen molar-refractivity contribution in [3.05, 3.63) is 24.3 Å². The normalized spacial score (nSPS) is 20.3. The fourth-order valence-electron chi connectivity index (χ4n) is 7.90. The van der Waals surface area contributed by atoms with Crippen LogP contribution in [0.25, 0.3) is 0 Å². The van der Waals surface area contributed by atoms with E-state index in [2.05, 4.69) is 31.3 Å². The highest BCUT2D eigenvalue weighted by Gasteiger charge is 2.44. The summed E-state index contributed by atoms with van der Waals surface area (Å²) in [6, 6.07) is -0.827. The van der Waals surface area contributed by atoms with E-state index in [1.54, 1.807) is 6.08 Å². The summed E-state index contributed by atoms with van der Waals surface area (Å²) in [5.41, 5.74) is 0. The molecule has 0 bridgehead atoms. The van der Waals surface area contributed by atoms with E-state index in [0.29, 0.717) is 25.9 Å². The number of esters is 1. The third-order valence-electron chi connectivity index (χ3n) is 12.1. The summed E-state index contributed by atoms with van der Waals surface area (Å²) >= 11 is 0. The number of aliphatic hydroxyl groups is 5. The number of ether oxygens (including phenoxy) is 3. The lowest BCUT2D eigenvalue weighted by Crippen LogP contribution is -2.60. The fourth-order valence-corrected chi connectivity index (χ4v) is 7.90. The number of amides is 1. The van der Waals surface area contributed by atoms with Gasteiger partial charge in [-0.15, -0.1) is 0 Å². The maximum Gasteiger partial charge on any atom is 0.305 e. The first-order valence-electron chi connectivity index (χ1n) is 25.6. The van der Waals surface area contributed by atoms with Gasteiger partial charge in [0.1, 0.15) is 24.4 Å². The topological polar surface area (TPSA) is 175 Å². The van der Waals surface area contributed by atoms with Crippen LogP contribution in [0.5, 0.6) is 0 Å². The third-order valence-corrected chi connectivity index (χ3v) is 12.1. The minimum absolute atomic E-state index is 0.0349. The van der Waals surface area contributed by atoms with Crippen molar-refractivity contribution in [2.24, 2.45) is 0 Å². The van der Waals surface area contributed by atoms with Crippen LogP contribution < -0.4 is 5.32 Å². The van der Waals surface area contributed by atoms with Crippen molar-refractivity contribution in [2.75, 3.05) is 19.8 Å². The molecule has 62 heavy (non-hydrogen) atoms. The van der Waals surface area contributed by atoms with Crippen molar-refractivity contribution < 1.29 is 49.3 Å². The first kappa shape index (κ1) is 58.2. The average Bonchev–Trinajstić information content (AvgIpc) is 3.27. The van der Waals surface area contributed by atoms with Crippen molar-refractivity contribution in [3.63, 3.8) is 0 Å². The third kappa shape index (κ3) is 31.9.